The van der Waals surface area contributed by atoms with E-state index in [0.29, 0.717) is 63.9 Å². The van der Waals surface area contributed by atoms with Crippen molar-refractivity contribution in [3.63, 3.8) is 0 Å². The van der Waals surface area contributed by atoms with Crippen LogP contribution in [0.25, 0.3) is 0 Å². The van der Waals surface area contributed by atoms with Crippen molar-refractivity contribution >= 4 is 40.3 Å². The van der Waals surface area contributed by atoms with Crippen LogP contribution in [0.5, 0.6) is 0 Å². The molecule has 2 N–H and O–H groups in total. The van der Waals surface area contributed by atoms with Crippen LogP contribution in [0.1, 0.15) is 208 Å². The molecule has 0 radical (unpaired) electrons. The maximum atomic E-state index is 10.9. The fourth-order valence-electron chi connectivity index (χ4n) is 5.76. The van der Waals surface area contributed by atoms with Gasteiger partial charge >= 0.3 is 5.90 Å². The zero-order valence-corrected chi connectivity index (χ0v) is 53.5. The van der Waals surface area contributed by atoms with E-state index in [9.17, 15) is 14.4 Å². The Balaban J connectivity index is -0.000000105. The zero-order valence-electron chi connectivity index (χ0n) is 52.7. The molecule has 422 valence electrons. The number of thiocarbonyl (C=S) groups is 1. The van der Waals surface area contributed by atoms with Crippen LogP contribution in [0.4, 0.5) is 0 Å². The highest BCUT2D eigenvalue weighted by molar-refractivity contribution is 7.80. The first kappa shape index (κ1) is 84.5. The van der Waals surface area contributed by atoms with Crippen LogP contribution in [0.15, 0.2) is 24.3 Å². The minimum Gasteiger partial charge on any atom is -0.460 e. The molecular formula is C59H123N2O8S+. The summed E-state index contributed by atoms with van der Waals surface area (Å²) in [6, 6.07) is 0.465. The monoisotopic (exact) mass is 1020 g/mol. The van der Waals surface area contributed by atoms with Crippen LogP contribution in [-0.4, -0.2) is 94.5 Å². The lowest BCUT2D eigenvalue weighted by molar-refractivity contribution is -0.760. The third-order valence-electron chi connectivity index (χ3n) is 10.7. The average molecular weight is 1020 g/mol. The van der Waals surface area contributed by atoms with E-state index in [1.54, 1.807) is 55.8 Å². The van der Waals surface area contributed by atoms with Crippen LogP contribution in [-0.2, 0) is 28.7 Å². The molecule has 70 heavy (non-hydrogen) atoms. The number of carbonyl (C=O) groups excluding carboxylic acids is 3. The smallest absolute Gasteiger partial charge is 0.384 e. The summed E-state index contributed by atoms with van der Waals surface area (Å²) in [4.78, 5) is 39.2. The first-order valence-electron chi connectivity index (χ1n) is 26.3. The largest absolute Gasteiger partial charge is 0.460 e. The Bertz CT molecular complexity index is 1210. The third kappa shape index (κ3) is 48.0. The number of Topliss-reactive ketones (excluding diaryl/α,β-unsaturated/α-hetero) is 3. The van der Waals surface area contributed by atoms with Gasteiger partial charge in [0.1, 0.15) is 5.78 Å². The minimum absolute atomic E-state index is 0.00926. The predicted octanol–water partition coefficient (Wildman–Crippen LogP) is 16.3. The molecule has 0 aliphatic carbocycles. The molecule has 0 saturated carbocycles. The second-order valence-electron chi connectivity index (χ2n) is 22.5. The maximum Gasteiger partial charge on any atom is 0.384 e. The maximum absolute atomic E-state index is 10.9. The molecule has 0 aromatic rings. The van der Waals surface area contributed by atoms with Crippen LogP contribution in [0.2, 0.25) is 0 Å². The molecule has 11 heteroatoms. The molecular weight excluding hydrogens is 897 g/mol. The van der Waals surface area contributed by atoms with Crippen molar-refractivity contribution in [3.8, 4) is 0 Å². The number of hydrogen-bond acceptors (Lipinski definition) is 9. The molecule has 0 aliphatic heterocycles. The molecule has 0 aromatic carbocycles. The topological polar surface area (TPSA) is 126 Å². The van der Waals surface area contributed by atoms with E-state index in [4.69, 9.17) is 36.8 Å². The second kappa shape index (κ2) is 46.5. The number of hydroxylamine groups is 3. The van der Waals surface area contributed by atoms with Gasteiger partial charge in [0.15, 0.2) is 12.8 Å². The molecule has 0 aliphatic rings. The number of ketones is 3. The molecule has 10 nitrogen and oxygen atoms in total. The van der Waals surface area contributed by atoms with Crippen molar-refractivity contribution in [2.45, 2.75) is 226 Å². The fraction of sp³-hybridized carbons (Fsp3) is 0.847. The molecule has 0 fully saturated rings. The van der Waals surface area contributed by atoms with Crippen molar-refractivity contribution < 1.29 is 43.7 Å². The van der Waals surface area contributed by atoms with E-state index in [0.717, 1.165) is 0 Å². The van der Waals surface area contributed by atoms with E-state index in [-0.39, 0.29) is 53.2 Å². The molecule has 0 amide bonds. The number of rotatable bonds is 19. The van der Waals surface area contributed by atoms with Gasteiger partial charge in [-0.05, 0) is 81.9 Å². The summed E-state index contributed by atoms with van der Waals surface area (Å²) in [5, 5.41) is 19.2. The van der Waals surface area contributed by atoms with Gasteiger partial charge in [-0.25, -0.2) is 0 Å². The summed E-state index contributed by atoms with van der Waals surface area (Å²) < 4.78 is 11.5. The Hall–Kier alpha value is -2.31. The minimum atomic E-state index is -0.417. The lowest BCUT2D eigenvalue weighted by atomic mass is 9.91. The van der Waals surface area contributed by atoms with Crippen LogP contribution in [0, 0.1) is 76.9 Å². The summed E-state index contributed by atoms with van der Waals surface area (Å²) in [7, 11) is 6.73. The standard InChI is InChI=1S/C9H20O2.C8H14O2.2C8H16.C7H17NO.C7H14O.C7H14S.C5H11NO2/c1-7(2)9(10-5,11-6)8(3)4;1-5(2)7(9)8(10)6(3)4;2*1-6(2)8(5)7(3)4;1-6(2)8(5)9-7(3)4;2*1-5(2)7(8)6(3)4;1-4(2)5(7)6(3)8/h7-8H,1-6H3;5-6H,1-4H3;2*6-7H,5H2,1-4H3;6-7H,1-5H3;2*5-6H,1-4H3;4,8H,1-3H3/p+1. The SMILES string of the molecule is C=C(C(C)C)C(C)C.C=C(C(C)C)C(C)C.CC(C)/C(O)=[N+](/C)O.CC(C)C(=O)C(=O)C(C)C.CC(C)C(=O)C(C)C.CC(C)C(=S)C(C)C.CC(C)ON(C)C(C)C.COC(OC)(C(C)C)C(C)C. The number of carbonyl (C=O) groups is 3. The number of aliphatic hydroxyl groups is 1. The van der Waals surface area contributed by atoms with E-state index < -0.39 is 5.79 Å². The normalized spacial score (nSPS) is 11.6. The van der Waals surface area contributed by atoms with Gasteiger partial charge in [-0.2, -0.15) is 5.06 Å². The summed E-state index contributed by atoms with van der Waals surface area (Å²) in [5.41, 5.74) is 2.70. The Morgan fingerprint density at radius 1 is 0.486 bits per heavy atom. The number of ether oxygens (including phenoxy) is 2. The predicted molar refractivity (Wildman–Crippen MR) is 310 cm³/mol. The highest BCUT2D eigenvalue weighted by atomic mass is 32.1. The Kier molecular flexibility index (Phi) is 56.1. The number of allylic oxidation sites excluding steroid dienone is 2. The summed E-state index contributed by atoms with van der Waals surface area (Å²) in [5.74, 6) is 3.99. The van der Waals surface area contributed by atoms with Gasteiger partial charge in [0, 0.05) is 67.6 Å². The Morgan fingerprint density at radius 2 is 0.743 bits per heavy atom. The first-order chi connectivity index (χ1) is 31.3. The molecule has 0 saturated heterocycles. The molecule has 0 atom stereocenters. The lowest BCUT2D eigenvalue weighted by Crippen LogP contribution is -2.44. The highest BCUT2D eigenvalue weighted by Gasteiger charge is 2.37. The zero-order chi connectivity index (χ0) is 58.5. The summed E-state index contributed by atoms with van der Waals surface area (Å²) in [6.07, 6.45) is 0.289. The Labute approximate surface area is 442 Å². The van der Waals surface area contributed by atoms with Crippen molar-refractivity contribution in [1.29, 1.82) is 0 Å². The van der Waals surface area contributed by atoms with Gasteiger partial charge in [-0.3, -0.25) is 24.4 Å². The fourth-order valence-corrected chi connectivity index (χ4v) is 5.76. The number of nitrogens with zero attached hydrogens (tertiary/aromatic N) is 2. The summed E-state index contributed by atoms with van der Waals surface area (Å²) >= 11 is 5.10. The third-order valence-corrected chi connectivity index (χ3v) is 11.7. The second-order valence-corrected chi connectivity index (χ2v) is 23.0. The molecule has 0 aromatic heterocycles. The molecule has 0 rings (SSSR count). The van der Waals surface area contributed by atoms with Crippen molar-refractivity contribution in [2.24, 2.45) is 76.9 Å². The van der Waals surface area contributed by atoms with Crippen molar-refractivity contribution in [3.05, 3.63) is 24.3 Å². The van der Waals surface area contributed by atoms with Crippen molar-refractivity contribution in [2.75, 3.05) is 28.3 Å². The van der Waals surface area contributed by atoms with Gasteiger partial charge in [0.2, 0.25) is 11.6 Å². The van der Waals surface area contributed by atoms with Crippen LogP contribution >= 0.6 is 12.2 Å². The van der Waals surface area contributed by atoms with Crippen LogP contribution < -0.4 is 0 Å². The van der Waals surface area contributed by atoms with Gasteiger partial charge in [0.05, 0.1) is 12.0 Å². The number of hydrogen-bond donors (Lipinski definition) is 2. The first-order valence-corrected chi connectivity index (χ1v) is 26.7. The summed E-state index contributed by atoms with van der Waals surface area (Å²) in [6.45, 7) is 68.9. The lowest BCUT2D eigenvalue weighted by Gasteiger charge is -2.38. The Morgan fingerprint density at radius 3 is 0.771 bits per heavy atom. The van der Waals surface area contributed by atoms with E-state index >= 15 is 0 Å². The molecule has 0 bridgehead atoms. The van der Waals surface area contributed by atoms with Crippen molar-refractivity contribution in [1.82, 2.24) is 5.06 Å². The van der Waals surface area contributed by atoms with Gasteiger partial charge in [-0.1, -0.05) is 203 Å². The molecule has 0 heterocycles. The molecule has 0 spiro atoms. The number of methoxy groups -OCH3 is 2. The van der Waals surface area contributed by atoms with Gasteiger partial charge in [0.25, 0.3) is 0 Å². The quantitative estimate of drug-likeness (QED) is 0.0149. The van der Waals surface area contributed by atoms with E-state index in [1.165, 1.54) is 23.1 Å². The number of aliphatic hydroxyl groups excluding tert-OH is 1. The molecule has 0 unspecified atom stereocenters. The average Bonchev–Trinajstić information content (AvgIpc) is 3.22. The van der Waals surface area contributed by atoms with E-state index in [2.05, 4.69) is 138 Å². The van der Waals surface area contributed by atoms with Gasteiger partial charge < -0.3 is 14.6 Å². The van der Waals surface area contributed by atoms with Gasteiger partial charge in [-0.15, -0.1) is 0 Å². The van der Waals surface area contributed by atoms with E-state index in [1.807, 2.05) is 53.7 Å². The highest BCUT2D eigenvalue weighted by Crippen LogP contribution is 2.30. The van der Waals surface area contributed by atoms with Crippen LogP contribution in [0.3, 0.4) is 0 Å².